The molecule has 0 fully saturated rings. The summed E-state index contributed by atoms with van der Waals surface area (Å²) < 4.78 is 18.7. The van der Waals surface area contributed by atoms with Crippen LogP contribution in [0.4, 0.5) is 4.39 Å². The molecule has 1 atom stereocenters. The smallest absolute Gasteiger partial charge is 0.229 e. The van der Waals surface area contributed by atoms with Gasteiger partial charge in [-0.3, -0.25) is 0 Å². The topological polar surface area (TPSA) is 38.1 Å². The van der Waals surface area contributed by atoms with Crippen molar-refractivity contribution >= 4 is 0 Å². The maximum absolute atomic E-state index is 13.5. The third kappa shape index (κ3) is 1.97. The first-order chi connectivity index (χ1) is 7.72. The highest BCUT2D eigenvalue weighted by Gasteiger charge is 2.13. The van der Waals surface area contributed by atoms with Crippen molar-refractivity contribution in [3.8, 4) is 11.5 Å². The summed E-state index contributed by atoms with van der Waals surface area (Å²) in [7, 11) is 1.84. The summed E-state index contributed by atoms with van der Waals surface area (Å²) in [6, 6.07) is 6.52. The lowest BCUT2D eigenvalue weighted by molar-refractivity contribution is 0.555. The Morgan fingerprint density at radius 3 is 2.81 bits per heavy atom. The number of hydrogen-bond acceptors (Lipinski definition) is 3. The quantitative estimate of drug-likeness (QED) is 0.864. The van der Waals surface area contributed by atoms with Crippen LogP contribution in [0.2, 0.25) is 0 Å². The highest BCUT2D eigenvalue weighted by atomic mass is 19.1. The predicted molar refractivity (Wildman–Crippen MR) is 59.4 cm³/mol. The van der Waals surface area contributed by atoms with Crippen molar-refractivity contribution in [3.63, 3.8) is 0 Å². The lowest BCUT2D eigenvalue weighted by Crippen LogP contribution is -2.12. The molecule has 0 saturated heterocycles. The van der Waals surface area contributed by atoms with E-state index in [0.29, 0.717) is 11.5 Å². The van der Waals surface area contributed by atoms with Crippen LogP contribution in [0.1, 0.15) is 18.7 Å². The molecule has 0 aliphatic rings. The zero-order chi connectivity index (χ0) is 11.5. The Hall–Kier alpha value is -1.68. The normalized spacial score (nSPS) is 12.7. The number of benzene rings is 1. The number of oxazole rings is 1. The van der Waals surface area contributed by atoms with Crippen LogP contribution in [0, 0.1) is 5.82 Å². The Kier molecular flexibility index (Phi) is 3.01. The average molecular weight is 220 g/mol. The lowest BCUT2D eigenvalue weighted by Gasteiger charge is -2.03. The van der Waals surface area contributed by atoms with E-state index in [2.05, 4.69) is 10.3 Å². The van der Waals surface area contributed by atoms with E-state index < -0.39 is 0 Å². The fraction of sp³-hybridized carbons (Fsp3) is 0.250. The summed E-state index contributed by atoms with van der Waals surface area (Å²) in [5.41, 5.74) is 1.15. The molecule has 16 heavy (non-hydrogen) atoms. The molecular formula is C12H13FN2O. The lowest BCUT2D eigenvalue weighted by atomic mass is 10.2. The summed E-state index contributed by atoms with van der Waals surface area (Å²) in [6.45, 7) is 1.96. The third-order valence-electron chi connectivity index (χ3n) is 2.50. The number of nitrogens with one attached hydrogen (secondary N) is 1. The predicted octanol–water partition coefficient (Wildman–Crippen LogP) is 2.76. The molecule has 0 aliphatic carbocycles. The van der Waals surface area contributed by atoms with Crippen molar-refractivity contribution in [1.82, 2.24) is 10.3 Å². The molecule has 0 bridgehead atoms. The van der Waals surface area contributed by atoms with Gasteiger partial charge in [0.1, 0.15) is 12.1 Å². The highest BCUT2D eigenvalue weighted by Crippen LogP contribution is 2.23. The minimum absolute atomic E-state index is 0.0873. The van der Waals surface area contributed by atoms with Gasteiger partial charge in [-0.25, -0.2) is 9.37 Å². The van der Waals surface area contributed by atoms with Crippen LogP contribution in [0.3, 0.4) is 0 Å². The minimum Gasteiger partial charge on any atom is -0.444 e. The molecule has 2 aromatic rings. The number of aromatic nitrogens is 1. The highest BCUT2D eigenvalue weighted by molar-refractivity contribution is 5.53. The molecule has 2 rings (SSSR count). The Labute approximate surface area is 93.3 Å². The molecule has 0 radical (unpaired) electrons. The molecule has 0 aliphatic heterocycles. The fourth-order valence-electron chi connectivity index (χ4n) is 1.39. The molecule has 1 N–H and O–H groups in total. The SMILES string of the molecule is CNC(C)c1coc(-c2ccccc2F)n1. The van der Waals surface area contributed by atoms with Crippen LogP contribution in [-0.4, -0.2) is 12.0 Å². The van der Waals surface area contributed by atoms with E-state index in [4.69, 9.17) is 4.42 Å². The first-order valence-electron chi connectivity index (χ1n) is 5.10. The molecular weight excluding hydrogens is 207 g/mol. The zero-order valence-electron chi connectivity index (χ0n) is 9.20. The Morgan fingerprint density at radius 1 is 1.38 bits per heavy atom. The van der Waals surface area contributed by atoms with Gasteiger partial charge >= 0.3 is 0 Å². The number of halogens is 1. The van der Waals surface area contributed by atoms with Crippen molar-refractivity contribution in [1.29, 1.82) is 0 Å². The van der Waals surface area contributed by atoms with Gasteiger partial charge in [-0.1, -0.05) is 12.1 Å². The first kappa shape index (κ1) is 10.8. The van der Waals surface area contributed by atoms with Crippen LogP contribution >= 0.6 is 0 Å². The van der Waals surface area contributed by atoms with Gasteiger partial charge in [-0.15, -0.1) is 0 Å². The molecule has 1 heterocycles. The van der Waals surface area contributed by atoms with Crippen molar-refractivity contribution < 1.29 is 8.81 Å². The third-order valence-corrected chi connectivity index (χ3v) is 2.50. The summed E-state index contributed by atoms with van der Waals surface area (Å²) in [4.78, 5) is 4.24. The van der Waals surface area contributed by atoms with Crippen LogP contribution in [0.5, 0.6) is 0 Å². The Morgan fingerprint density at radius 2 is 2.12 bits per heavy atom. The van der Waals surface area contributed by atoms with Gasteiger partial charge in [-0.2, -0.15) is 0 Å². The van der Waals surface area contributed by atoms with Crippen molar-refractivity contribution in [2.24, 2.45) is 0 Å². The van der Waals surface area contributed by atoms with E-state index in [1.165, 1.54) is 6.07 Å². The second kappa shape index (κ2) is 4.45. The molecule has 0 amide bonds. The maximum Gasteiger partial charge on any atom is 0.229 e. The van der Waals surface area contributed by atoms with Gasteiger partial charge in [0.05, 0.1) is 11.3 Å². The average Bonchev–Trinajstić information content (AvgIpc) is 2.78. The second-order valence-electron chi connectivity index (χ2n) is 3.57. The molecule has 1 unspecified atom stereocenters. The second-order valence-corrected chi connectivity index (χ2v) is 3.57. The summed E-state index contributed by atoms with van der Waals surface area (Å²) in [5.74, 6) is -0.0109. The van der Waals surface area contributed by atoms with Gasteiger partial charge in [0, 0.05) is 6.04 Å². The summed E-state index contributed by atoms with van der Waals surface area (Å²) in [6.07, 6.45) is 1.54. The van der Waals surface area contributed by atoms with Crippen LogP contribution in [0.25, 0.3) is 11.5 Å². The van der Waals surface area contributed by atoms with Crippen molar-refractivity contribution in [3.05, 3.63) is 42.0 Å². The van der Waals surface area contributed by atoms with Crippen LogP contribution in [-0.2, 0) is 0 Å². The van der Waals surface area contributed by atoms with E-state index >= 15 is 0 Å². The van der Waals surface area contributed by atoms with Gasteiger partial charge in [0.15, 0.2) is 0 Å². The van der Waals surface area contributed by atoms with E-state index in [1.807, 2.05) is 14.0 Å². The number of nitrogens with zero attached hydrogens (tertiary/aromatic N) is 1. The molecule has 0 saturated carbocycles. The van der Waals surface area contributed by atoms with E-state index in [1.54, 1.807) is 24.5 Å². The Bertz CT molecular complexity index is 481. The van der Waals surface area contributed by atoms with Crippen molar-refractivity contribution in [2.45, 2.75) is 13.0 Å². The number of hydrogen-bond donors (Lipinski definition) is 1. The van der Waals surface area contributed by atoms with Crippen molar-refractivity contribution in [2.75, 3.05) is 7.05 Å². The van der Waals surface area contributed by atoms with E-state index in [-0.39, 0.29) is 11.9 Å². The molecule has 1 aromatic heterocycles. The Balaban J connectivity index is 2.35. The van der Waals surface area contributed by atoms with Gasteiger partial charge in [0.2, 0.25) is 5.89 Å². The van der Waals surface area contributed by atoms with E-state index in [0.717, 1.165) is 5.69 Å². The van der Waals surface area contributed by atoms with Crippen LogP contribution < -0.4 is 5.32 Å². The molecule has 0 spiro atoms. The van der Waals surface area contributed by atoms with E-state index in [9.17, 15) is 4.39 Å². The monoisotopic (exact) mass is 220 g/mol. The summed E-state index contributed by atoms with van der Waals surface area (Å²) in [5, 5.41) is 3.04. The van der Waals surface area contributed by atoms with Gasteiger partial charge in [0.25, 0.3) is 0 Å². The zero-order valence-corrected chi connectivity index (χ0v) is 9.20. The van der Waals surface area contributed by atoms with Crippen LogP contribution in [0.15, 0.2) is 34.9 Å². The minimum atomic E-state index is -0.326. The van der Waals surface area contributed by atoms with Gasteiger partial charge in [-0.05, 0) is 26.1 Å². The largest absolute Gasteiger partial charge is 0.444 e. The fourth-order valence-corrected chi connectivity index (χ4v) is 1.39. The molecule has 3 nitrogen and oxygen atoms in total. The maximum atomic E-state index is 13.5. The standard InChI is InChI=1S/C12H13FN2O/c1-8(14-2)11-7-16-12(15-11)9-5-3-4-6-10(9)13/h3-8,14H,1-2H3. The molecule has 4 heteroatoms. The molecule has 1 aromatic carbocycles. The number of rotatable bonds is 3. The first-order valence-corrected chi connectivity index (χ1v) is 5.10. The van der Waals surface area contributed by atoms with Gasteiger partial charge < -0.3 is 9.73 Å². The summed E-state index contributed by atoms with van der Waals surface area (Å²) >= 11 is 0. The molecule has 84 valence electrons.